The van der Waals surface area contributed by atoms with Crippen LogP contribution in [0.3, 0.4) is 0 Å². The van der Waals surface area contributed by atoms with E-state index in [1.807, 2.05) is 32.3 Å². The van der Waals surface area contributed by atoms with E-state index in [2.05, 4.69) is 28.5 Å². The van der Waals surface area contributed by atoms with Gasteiger partial charge in [-0.25, -0.2) is 0 Å². The minimum atomic E-state index is -0.0270. The lowest BCUT2D eigenvalue weighted by Gasteiger charge is -2.20. The van der Waals surface area contributed by atoms with Crippen LogP contribution in [0.4, 0.5) is 5.69 Å². The molecule has 21 heavy (non-hydrogen) atoms. The Kier molecular flexibility index (Phi) is 5.48. The van der Waals surface area contributed by atoms with Gasteiger partial charge in [0.05, 0.1) is 6.04 Å². The molecule has 2 aromatic rings. The summed E-state index contributed by atoms with van der Waals surface area (Å²) in [6.45, 7) is 0. The number of nitrogens with zero attached hydrogens (tertiary/aromatic N) is 1. The summed E-state index contributed by atoms with van der Waals surface area (Å²) < 4.78 is 0. The minimum absolute atomic E-state index is 0.0270. The monoisotopic (exact) mass is 323 g/mol. The molecule has 5 heteroatoms. The maximum absolute atomic E-state index is 6.23. The molecular weight excluding hydrogens is 305 g/mol. The molecule has 0 amide bonds. The molecule has 112 valence electrons. The molecule has 0 heterocycles. The predicted molar refractivity (Wildman–Crippen MR) is 91.0 cm³/mol. The van der Waals surface area contributed by atoms with Gasteiger partial charge in [-0.05, 0) is 47.9 Å². The summed E-state index contributed by atoms with van der Waals surface area (Å²) in [5.74, 6) is 5.73. The predicted octanol–water partition coefficient (Wildman–Crippen LogP) is 3.81. The van der Waals surface area contributed by atoms with Crippen LogP contribution < -0.4 is 16.2 Å². The molecule has 0 aliphatic carbocycles. The van der Waals surface area contributed by atoms with Crippen molar-refractivity contribution in [1.29, 1.82) is 0 Å². The lowest BCUT2D eigenvalue weighted by Crippen LogP contribution is -2.29. The Labute approximate surface area is 135 Å². The molecule has 0 bridgehead atoms. The van der Waals surface area contributed by atoms with Crippen LogP contribution in [0.2, 0.25) is 10.0 Å². The Hall–Kier alpha value is -1.26. The first-order valence-corrected chi connectivity index (χ1v) is 7.44. The Balaban J connectivity index is 2.27. The van der Waals surface area contributed by atoms with E-state index in [1.54, 1.807) is 6.07 Å². The minimum Gasteiger partial charge on any atom is -0.378 e. The van der Waals surface area contributed by atoms with Crippen LogP contribution in [0.5, 0.6) is 0 Å². The van der Waals surface area contributed by atoms with Crippen molar-refractivity contribution in [3.8, 4) is 0 Å². The highest BCUT2D eigenvalue weighted by atomic mass is 35.5. The molecule has 1 atom stereocenters. The van der Waals surface area contributed by atoms with Crippen molar-refractivity contribution in [1.82, 2.24) is 5.43 Å². The van der Waals surface area contributed by atoms with Gasteiger partial charge in [0.1, 0.15) is 0 Å². The summed E-state index contributed by atoms with van der Waals surface area (Å²) >= 11 is 12.3. The topological polar surface area (TPSA) is 41.3 Å². The number of benzene rings is 2. The number of nitrogens with one attached hydrogen (secondary N) is 1. The quantitative estimate of drug-likeness (QED) is 0.649. The first-order valence-electron chi connectivity index (χ1n) is 6.68. The molecule has 0 spiro atoms. The molecule has 0 fully saturated rings. The fraction of sp³-hybridized carbons (Fsp3) is 0.250. The zero-order valence-electron chi connectivity index (χ0n) is 12.1. The van der Waals surface area contributed by atoms with Gasteiger partial charge in [-0.15, -0.1) is 0 Å². The van der Waals surface area contributed by atoms with Crippen molar-refractivity contribution in [3.63, 3.8) is 0 Å². The van der Waals surface area contributed by atoms with Crippen LogP contribution in [0.15, 0.2) is 42.5 Å². The SMILES string of the molecule is CN(C)c1cccc(C(Cc2cc(Cl)ccc2Cl)NN)c1. The van der Waals surface area contributed by atoms with Gasteiger partial charge in [0.2, 0.25) is 0 Å². The molecule has 0 saturated carbocycles. The lowest BCUT2D eigenvalue weighted by molar-refractivity contribution is 0.552. The zero-order chi connectivity index (χ0) is 15.4. The number of hydrogen-bond acceptors (Lipinski definition) is 3. The van der Waals surface area contributed by atoms with Crippen LogP contribution in [0, 0.1) is 0 Å². The third kappa shape index (κ3) is 4.11. The molecule has 3 N–H and O–H groups in total. The Morgan fingerprint density at radius 2 is 1.90 bits per heavy atom. The van der Waals surface area contributed by atoms with Gasteiger partial charge in [0.15, 0.2) is 0 Å². The van der Waals surface area contributed by atoms with Crippen molar-refractivity contribution in [3.05, 3.63) is 63.6 Å². The molecule has 0 aliphatic rings. The van der Waals surface area contributed by atoms with E-state index >= 15 is 0 Å². The van der Waals surface area contributed by atoms with Crippen molar-refractivity contribution in [2.75, 3.05) is 19.0 Å². The summed E-state index contributed by atoms with van der Waals surface area (Å²) in [5, 5.41) is 1.37. The first-order chi connectivity index (χ1) is 10.0. The van der Waals surface area contributed by atoms with E-state index in [9.17, 15) is 0 Å². The average molecular weight is 324 g/mol. The van der Waals surface area contributed by atoms with Gasteiger partial charge in [-0.1, -0.05) is 35.3 Å². The maximum Gasteiger partial charge on any atom is 0.0501 e. The Morgan fingerprint density at radius 1 is 1.14 bits per heavy atom. The molecule has 0 aliphatic heterocycles. The summed E-state index contributed by atoms with van der Waals surface area (Å²) in [6.07, 6.45) is 0.673. The van der Waals surface area contributed by atoms with Crippen LogP contribution in [0.1, 0.15) is 17.2 Å². The van der Waals surface area contributed by atoms with Gasteiger partial charge in [0.25, 0.3) is 0 Å². The van der Waals surface area contributed by atoms with Gasteiger partial charge >= 0.3 is 0 Å². The number of hydrazine groups is 1. The lowest BCUT2D eigenvalue weighted by atomic mass is 9.99. The zero-order valence-corrected chi connectivity index (χ0v) is 13.6. The normalized spacial score (nSPS) is 12.2. The molecule has 0 saturated heterocycles. The van der Waals surface area contributed by atoms with E-state index in [-0.39, 0.29) is 6.04 Å². The van der Waals surface area contributed by atoms with Gasteiger partial charge in [-0.2, -0.15) is 0 Å². The van der Waals surface area contributed by atoms with Gasteiger partial charge in [0, 0.05) is 29.8 Å². The standard InChI is InChI=1S/C16H19Cl2N3/c1-21(2)14-5-3-4-11(9-14)16(20-19)10-12-8-13(17)6-7-15(12)18/h3-9,16,20H,10,19H2,1-2H3. The second-order valence-corrected chi connectivity index (χ2v) is 5.99. The second kappa shape index (κ2) is 7.14. The average Bonchev–Trinajstić information content (AvgIpc) is 2.48. The van der Waals surface area contributed by atoms with Crippen LogP contribution >= 0.6 is 23.2 Å². The van der Waals surface area contributed by atoms with Gasteiger partial charge in [-0.3, -0.25) is 11.3 Å². The number of hydrogen-bond donors (Lipinski definition) is 2. The van der Waals surface area contributed by atoms with E-state index in [0.29, 0.717) is 16.5 Å². The fourth-order valence-electron chi connectivity index (χ4n) is 2.21. The smallest absolute Gasteiger partial charge is 0.0501 e. The molecule has 1 unspecified atom stereocenters. The van der Waals surface area contributed by atoms with E-state index in [4.69, 9.17) is 29.0 Å². The highest BCUT2D eigenvalue weighted by molar-refractivity contribution is 6.33. The highest BCUT2D eigenvalue weighted by Crippen LogP contribution is 2.27. The maximum atomic E-state index is 6.23. The van der Waals surface area contributed by atoms with E-state index in [0.717, 1.165) is 16.8 Å². The number of halogens is 2. The van der Waals surface area contributed by atoms with Crippen molar-refractivity contribution in [2.45, 2.75) is 12.5 Å². The molecule has 2 rings (SSSR count). The largest absolute Gasteiger partial charge is 0.378 e. The van der Waals surface area contributed by atoms with Crippen molar-refractivity contribution < 1.29 is 0 Å². The number of nitrogens with two attached hydrogens (primary N) is 1. The third-order valence-corrected chi connectivity index (χ3v) is 4.03. The summed E-state index contributed by atoms with van der Waals surface area (Å²) in [7, 11) is 4.02. The van der Waals surface area contributed by atoms with Crippen LogP contribution in [-0.4, -0.2) is 14.1 Å². The van der Waals surface area contributed by atoms with Crippen LogP contribution in [-0.2, 0) is 6.42 Å². The first kappa shape index (κ1) is 16.1. The highest BCUT2D eigenvalue weighted by Gasteiger charge is 2.14. The number of anilines is 1. The van der Waals surface area contributed by atoms with Crippen LogP contribution in [0.25, 0.3) is 0 Å². The van der Waals surface area contributed by atoms with Crippen molar-refractivity contribution >= 4 is 28.9 Å². The second-order valence-electron chi connectivity index (χ2n) is 5.15. The fourth-order valence-corrected chi connectivity index (χ4v) is 2.60. The van der Waals surface area contributed by atoms with Gasteiger partial charge < -0.3 is 4.90 Å². The van der Waals surface area contributed by atoms with E-state index < -0.39 is 0 Å². The summed E-state index contributed by atoms with van der Waals surface area (Å²) in [6, 6.07) is 13.7. The molecule has 3 nitrogen and oxygen atoms in total. The third-order valence-electron chi connectivity index (χ3n) is 3.42. The Bertz CT molecular complexity index is 614. The summed E-state index contributed by atoms with van der Waals surface area (Å²) in [5.41, 5.74) is 6.07. The molecule has 2 aromatic carbocycles. The van der Waals surface area contributed by atoms with E-state index in [1.165, 1.54) is 0 Å². The molecule has 0 radical (unpaired) electrons. The van der Waals surface area contributed by atoms with Crippen molar-refractivity contribution in [2.24, 2.45) is 5.84 Å². The summed E-state index contributed by atoms with van der Waals surface area (Å²) in [4.78, 5) is 2.06. The number of rotatable bonds is 5. The Morgan fingerprint density at radius 3 is 2.57 bits per heavy atom. The molecular formula is C16H19Cl2N3. The molecule has 0 aromatic heterocycles.